The molecule has 1 aromatic rings. The fourth-order valence-electron chi connectivity index (χ4n) is 1.66. The molecule has 0 saturated carbocycles. The van der Waals surface area contributed by atoms with Gasteiger partial charge in [0.1, 0.15) is 6.10 Å². The second kappa shape index (κ2) is 4.62. The summed E-state index contributed by atoms with van der Waals surface area (Å²) in [6.07, 6.45) is 0.344. The molecule has 1 heterocycles. The van der Waals surface area contributed by atoms with Crippen molar-refractivity contribution < 1.29 is 18.4 Å². The molecule has 1 fully saturated rings. The summed E-state index contributed by atoms with van der Waals surface area (Å²) < 4.78 is 32.0. The van der Waals surface area contributed by atoms with Crippen LogP contribution in [0.5, 0.6) is 5.75 Å². The predicted molar refractivity (Wildman–Crippen MR) is 54.9 cm³/mol. The third kappa shape index (κ3) is 2.50. The quantitative estimate of drug-likeness (QED) is 0.648. The van der Waals surface area contributed by atoms with Crippen molar-refractivity contribution in [1.82, 2.24) is 5.32 Å². The second-order valence-electron chi connectivity index (χ2n) is 3.73. The van der Waals surface area contributed by atoms with Gasteiger partial charge in [-0.2, -0.15) is 0 Å². The number of non-ortho nitro benzene ring substituents is 1. The molecular formula is C10H10F2N2O3. The van der Waals surface area contributed by atoms with Gasteiger partial charge in [-0.1, -0.05) is 0 Å². The van der Waals surface area contributed by atoms with Crippen molar-refractivity contribution in [2.45, 2.75) is 12.5 Å². The summed E-state index contributed by atoms with van der Waals surface area (Å²) in [5.41, 5.74) is -0.628. The zero-order chi connectivity index (χ0) is 12.4. The summed E-state index contributed by atoms with van der Waals surface area (Å²) >= 11 is 0. The minimum Gasteiger partial charge on any atom is -0.483 e. The Hall–Kier alpha value is -1.76. The number of hydrogen-bond donors (Lipinski definition) is 1. The summed E-state index contributed by atoms with van der Waals surface area (Å²) in [5, 5.41) is 13.4. The van der Waals surface area contributed by atoms with Crippen LogP contribution in [0.15, 0.2) is 12.1 Å². The summed E-state index contributed by atoms with van der Waals surface area (Å²) in [6.45, 7) is 1.23. The fourth-order valence-corrected chi connectivity index (χ4v) is 1.66. The molecule has 1 aliphatic heterocycles. The molecule has 1 unspecified atom stereocenters. The Bertz CT molecular complexity index is 424. The molecule has 0 spiro atoms. The van der Waals surface area contributed by atoms with Gasteiger partial charge in [-0.3, -0.25) is 10.1 Å². The number of nitrogens with one attached hydrogen (secondary N) is 1. The van der Waals surface area contributed by atoms with Crippen molar-refractivity contribution in [1.29, 1.82) is 0 Å². The topological polar surface area (TPSA) is 64.4 Å². The Morgan fingerprint density at radius 2 is 2.06 bits per heavy atom. The number of nitro groups is 1. The highest BCUT2D eigenvalue weighted by Gasteiger charge is 2.23. The Morgan fingerprint density at radius 1 is 1.41 bits per heavy atom. The van der Waals surface area contributed by atoms with E-state index in [1.165, 1.54) is 0 Å². The van der Waals surface area contributed by atoms with Crippen LogP contribution in [0, 0.1) is 21.7 Å². The average molecular weight is 244 g/mol. The minimum absolute atomic E-state index is 0.305. The Balaban J connectivity index is 2.24. The van der Waals surface area contributed by atoms with Crippen molar-refractivity contribution in [2.24, 2.45) is 0 Å². The Kier molecular flexibility index (Phi) is 3.19. The van der Waals surface area contributed by atoms with Gasteiger partial charge in [0.2, 0.25) is 0 Å². The number of nitrogens with zero attached hydrogens (tertiary/aromatic N) is 1. The molecule has 0 bridgehead atoms. The molecule has 92 valence electrons. The van der Waals surface area contributed by atoms with E-state index in [9.17, 15) is 18.9 Å². The number of ether oxygens (including phenoxy) is 1. The molecule has 0 radical (unpaired) electrons. The number of halogens is 2. The van der Waals surface area contributed by atoms with E-state index in [4.69, 9.17) is 4.74 Å². The van der Waals surface area contributed by atoms with Gasteiger partial charge in [-0.05, 0) is 13.0 Å². The first-order valence-corrected chi connectivity index (χ1v) is 5.08. The first kappa shape index (κ1) is 11.7. The van der Waals surface area contributed by atoms with Crippen LogP contribution >= 0.6 is 0 Å². The van der Waals surface area contributed by atoms with Crippen LogP contribution in [0.25, 0.3) is 0 Å². The fraction of sp³-hybridized carbons (Fsp3) is 0.400. The molecule has 0 aromatic heterocycles. The van der Waals surface area contributed by atoms with Crippen LogP contribution in [-0.4, -0.2) is 24.1 Å². The van der Waals surface area contributed by atoms with Gasteiger partial charge in [0.15, 0.2) is 17.4 Å². The first-order chi connectivity index (χ1) is 8.08. The van der Waals surface area contributed by atoms with Crippen LogP contribution in [0.1, 0.15) is 6.42 Å². The monoisotopic (exact) mass is 244 g/mol. The van der Waals surface area contributed by atoms with Gasteiger partial charge < -0.3 is 10.1 Å². The summed E-state index contributed by atoms with van der Waals surface area (Å²) in [7, 11) is 0. The van der Waals surface area contributed by atoms with Crippen molar-refractivity contribution in [2.75, 3.05) is 13.1 Å². The molecule has 1 aliphatic rings. The molecule has 7 heteroatoms. The number of hydrogen-bond acceptors (Lipinski definition) is 4. The molecule has 1 saturated heterocycles. The van der Waals surface area contributed by atoms with E-state index < -0.39 is 28.0 Å². The molecule has 17 heavy (non-hydrogen) atoms. The third-order valence-electron chi connectivity index (χ3n) is 2.49. The van der Waals surface area contributed by atoms with Gasteiger partial charge in [0.05, 0.1) is 17.1 Å². The van der Waals surface area contributed by atoms with Crippen molar-refractivity contribution in [3.05, 3.63) is 33.9 Å². The summed E-state index contributed by atoms with van der Waals surface area (Å²) in [6, 6.07) is 1.31. The molecule has 5 nitrogen and oxygen atoms in total. The van der Waals surface area contributed by atoms with Crippen molar-refractivity contribution >= 4 is 5.69 Å². The summed E-state index contributed by atoms with van der Waals surface area (Å²) in [5.74, 6) is -2.66. The molecule has 0 amide bonds. The zero-order valence-electron chi connectivity index (χ0n) is 8.78. The van der Waals surface area contributed by atoms with Crippen molar-refractivity contribution in [3.63, 3.8) is 0 Å². The molecule has 2 rings (SSSR count). The molecule has 1 atom stereocenters. The highest BCUT2D eigenvalue weighted by atomic mass is 19.1. The average Bonchev–Trinajstić information content (AvgIpc) is 2.75. The van der Waals surface area contributed by atoms with E-state index in [0.29, 0.717) is 25.1 Å². The van der Waals surface area contributed by atoms with Crippen LogP contribution in [0.4, 0.5) is 14.5 Å². The smallest absolute Gasteiger partial charge is 0.275 e. The molecule has 0 aliphatic carbocycles. The standard InChI is InChI=1S/C10H10F2N2O3/c11-8-3-6(14(15)16)4-9(12)10(8)17-7-1-2-13-5-7/h3-4,7,13H,1-2,5H2. The van der Waals surface area contributed by atoms with Crippen LogP contribution in [0.3, 0.4) is 0 Å². The van der Waals surface area contributed by atoms with E-state index in [1.54, 1.807) is 0 Å². The lowest BCUT2D eigenvalue weighted by atomic mass is 10.2. The maximum Gasteiger partial charge on any atom is 0.275 e. The normalized spacial score (nSPS) is 19.3. The van der Waals surface area contributed by atoms with E-state index in [-0.39, 0.29) is 6.10 Å². The maximum atomic E-state index is 13.4. The predicted octanol–water partition coefficient (Wildman–Crippen LogP) is 1.61. The number of nitro benzene ring substituents is 1. The number of benzene rings is 1. The van der Waals surface area contributed by atoms with Gasteiger partial charge >= 0.3 is 0 Å². The van der Waals surface area contributed by atoms with E-state index in [2.05, 4.69) is 5.32 Å². The highest BCUT2D eigenvalue weighted by molar-refractivity contribution is 5.39. The molecule has 1 N–H and O–H groups in total. The largest absolute Gasteiger partial charge is 0.483 e. The lowest BCUT2D eigenvalue weighted by molar-refractivity contribution is -0.385. The zero-order valence-corrected chi connectivity index (χ0v) is 8.78. The van der Waals surface area contributed by atoms with Gasteiger partial charge in [-0.15, -0.1) is 0 Å². The number of rotatable bonds is 3. The van der Waals surface area contributed by atoms with Crippen LogP contribution in [0.2, 0.25) is 0 Å². The van der Waals surface area contributed by atoms with E-state index in [1.807, 2.05) is 0 Å². The third-order valence-corrected chi connectivity index (χ3v) is 2.49. The summed E-state index contributed by atoms with van der Waals surface area (Å²) in [4.78, 5) is 9.53. The van der Waals surface area contributed by atoms with Crippen LogP contribution < -0.4 is 10.1 Å². The Morgan fingerprint density at radius 3 is 2.53 bits per heavy atom. The van der Waals surface area contributed by atoms with Gasteiger partial charge in [0, 0.05) is 6.54 Å². The molecule has 1 aromatic carbocycles. The van der Waals surface area contributed by atoms with E-state index in [0.717, 1.165) is 6.54 Å². The Labute approximate surface area is 95.5 Å². The first-order valence-electron chi connectivity index (χ1n) is 5.08. The second-order valence-corrected chi connectivity index (χ2v) is 3.73. The van der Waals surface area contributed by atoms with E-state index >= 15 is 0 Å². The maximum absolute atomic E-state index is 13.4. The van der Waals surface area contributed by atoms with Gasteiger partial charge in [-0.25, -0.2) is 8.78 Å². The van der Waals surface area contributed by atoms with Gasteiger partial charge in [0.25, 0.3) is 5.69 Å². The lowest BCUT2D eigenvalue weighted by Gasteiger charge is -2.13. The highest BCUT2D eigenvalue weighted by Crippen LogP contribution is 2.28. The molecular weight excluding hydrogens is 234 g/mol. The van der Waals surface area contributed by atoms with Crippen molar-refractivity contribution in [3.8, 4) is 5.75 Å². The SMILES string of the molecule is O=[N+]([O-])c1cc(F)c(OC2CCNC2)c(F)c1. The lowest BCUT2D eigenvalue weighted by Crippen LogP contribution is -2.20. The van der Waals surface area contributed by atoms with Crippen LogP contribution in [-0.2, 0) is 0 Å². The minimum atomic E-state index is -1.05.